The summed E-state index contributed by atoms with van der Waals surface area (Å²) >= 11 is 6.41. The number of aromatic nitrogens is 2. The van der Waals surface area contributed by atoms with Crippen molar-refractivity contribution in [2.45, 2.75) is 24.6 Å². The molecule has 1 rings (SSSR count). The summed E-state index contributed by atoms with van der Waals surface area (Å²) in [6.07, 6.45) is 6.69. The largest absolute Gasteiger partial charge is 0.396 e. The lowest BCUT2D eigenvalue weighted by molar-refractivity contribution is 0.277. The quantitative estimate of drug-likeness (QED) is 0.751. The Morgan fingerprint density at radius 2 is 2.40 bits per heavy atom. The Hall–Kier alpha value is -0.130. The number of nitrogens with zero attached hydrogens (tertiary/aromatic N) is 2. The van der Waals surface area contributed by atoms with Crippen LogP contribution in [-0.2, 0) is 11.3 Å². The van der Waals surface area contributed by atoms with E-state index in [0.29, 0.717) is 0 Å². The Bertz CT molecular complexity index is 299. The first-order valence-electron chi connectivity index (χ1n) is 4.95. The number of thioether (sulfide) groups is 1. The number of hydrogen-bond donors (Lipinski definition) is 2. The fourth-order valence-corrected chi connectivity index (χ4v) is 2.59. The van der Waals surface area contributed by atoms with Gasteiger partial charge in [-0.05, 0) is 19.6 Å². The van der Waals surface area contributed by atoms with Crippen LogP contribution in [0.3, 0.4) is 0 Å². The van der Waals surface area contributed by atoms with Crippen LogP contribution < -0.4 is 0 Å². The molecule has 3 nitrogen and oxygen atoms in total. The van der Waals surface area contributed by atoms with Gasteiger partial charge in [0.1, 0.15) is 0 Å². The molecule has 15 heavy (non-hydrogen) atoms. The number of hydrogen-bond acceptors (Lipinski definition) is 4. The maximum absolute atomic E-state index is 8.72. The lowest BCUT2D eigenvalue weighted by Crippen LogP contribution is -2.16. The molecule has 86 valence electrons. The molecule has 1 atom stereocenters. The van der Waals surface area contributed by atoms with E-state index in [1.165, 1.54) is 0 Å². The third kappa shape index (κ3) is 3.74. The fraction of sp³-hybridized carbons (Fsp3) is 0.700. The van der Waals surface area contributed by atoms with Crippen molar-refractivity contribution >= 4 is 24.4 Å². The fourth-order valence-electron chi connectivity index (χ4n) is 1.36. The van der Waals surface area contributed by atoms with Gasteiger partial charge in [-0.15, -0.1) is 0 Å². The highest BCUT2D eigenvalue weighted by Gasteiger charge is 2.22. The van der Waals surface area contributed by atoms with Crippen LogP contribution in [0.1, 0.15) is 18.9 Å². The lowest BCUT2D eigenvalue weighted by Gasteiger charge is -2.20. The van der Waals surface area contributed by atoms with Crippen LogP contribution in [0.5, 0.6) is 0 Å². The van der Waals surface area contributed by atoms with Crippen molar-refractivity contribution in [1.82, 2.24) is 9.78 Å². The van der Waals surface area contributed by atoms with Crippen LogP contribution in [-0.4, -0.2) is 33.5 Å². The molecule has 0 aliphatic heterocycles. The van der Waals surface area contributed by atoms with E-state index in [4.69, 9.17) is 5.11 Å². The number of rotatable bonds is 6. The van der Waals surface area contributed by atoms with Crippen LogP contribution in [0.4, 0.5) is 0 Å². The summed E-state index contributed by atoms with van der Waals surface area (Å²) in [6.45, 7) is 3.07. The highest BCUT2D eigenvalue weighted by Crippen LogP contribution is 2.30. The first-order valence-corrected chi connectivity index (χ1v) is 6.79. The lowest BCUT2D eigenvalue weighted by atomic mass is 10.1. The van der Waals surface area contributed by atoms with E-state index in [-0.39, 0.29) is 11.4 Å². The second-order valence-electron chi connectivity index (χ2n) is 3.78. The first kappa shape index (κ1) is 12.9. The molecule has 1 aromatic rings. The minimum Gasteiger partial charge on any atom is -0.396 e. The van der Waals surface area contributed by atoms with Crippen molar-refractivity contribution in [3.8, 4) is 0 Å². The summed E-state index contributed by atoms with van der Waals surface area (Å²) in [5.74, 6) is 0.960. The van der Waals surface area contributed by atoms with Gasteiger partial charge in [0.25, 0.3) is 0 Å². The Labute approximate surface area is 101 Å². The van der Waals surface area contributed by atoms with E-state index >= 15 is 0 Å². The van der Waals surface area contributed by atoms with E-state index in [0.717, 1.165) is 24.3 Å². The number of thiol groups is 1. The maximum Gasteiger partial charge on any atom is 0.0536 e. The summed E-state index contributed by atoms with van der Waals surface area (Å²) < 4.78 is 1.73. The molecule has 1 unspecified atom stereocenters. The molecular weight excluding hydrogens is 228 g/mol. The Morgan fingerprint density at radius 1 is 1.67 bits per heavy atom. The standard InChI is InChI=1S/C10H18N2OS2/c1-10(14,8-15-2)9-6-11-12(7-9)4-3-5-13/h6-7,13-14H,3-5,8H2,1-2H3. The Morgan fingerprint density at radius 3 is 3.00 bits per heavy atom. The zero-order valence-electron chi connectivity index (χ0n) is 9.18. The average molecular weight is 246 g/mol. The van der Waals surface area contributed by atoms with Crippen molar-refractivity contribution in [2.75, 3.05) is 18.6 Å². The van der Waals surface area contributed by atoms with Gasteiger partial charge in [0.15, 0.2) is 0 Å². The van der Waals surface area contributed by atoms with Crippen molar-refractivity contribution in [3.63, 3.8) is 0 Å². The van der Waals surface area contributed by atoms with Crippen molar-refractivity contribution in [3.05, 3.63) is 18.0 Å². The monoisotopic (exact) mass is 246 g/mol. The van der Waals surface area contributed by atoms with Gasteiger partial charge in [-0.3, -0.25) is 4.68 Å². The van der Waals surface area contributed by atoms with Gasteiger partial charge in [0.2, 0.25) is 0 Å². The summed E-state index contributed by atoms with van der Waals surface area (Å²) in [5.41, 5.74) is 1.14. The molecule has 0 bridgehead atoms. The molecule has 0 spiro atoms. The molecule has 0 saturated carbocycles. The van der Waals surface area contributed by atoms with Crippen LogP contribution in [0, 0.1) is 0 Å². The predicted molar refractivity (Wildman–Crippen MR) is 68.6 cm³/mol. The second kappa shape index (κ2) is 5.82. The van der Waals surface area contributed by atoms with Crippen molar-refractivity contribution < 1.29 is 5.11 Å². The number of aliphatic hydroxyl groups excluding tert-OH is 1. The molecular formula is C10H18N2OS2. The molecule has 0 radical (unpaired) electrons. The van der Waals surface area contributed by atoms with Gasteiger partial charge in [-0.2, -0.15) is 29.5 Å². The summed E-state index contributed by atoms with van der Waals surface area (Å²) in [5, 5.41) is 13.0. The van der Waals surface area contributed by atoms with E-state index in [1.807, 2.05) is 17.1 Å². The van der Waals surface area contributed by atoms with Crippen molar-refractivity contribution in [2.24, 2.45) is 0 Å². The maximum atomic E-state index is 8.72. The van der Waals surface area contributed by atoms with Gasteiger partial charge in [-0.25, -0.2) is 0 Å². The molecule has 1 N–H and O–H groups in total. The number of aryl methyl sites for hydroxylation is 1. The van der Waals surface area contributed by atoms with Crippen LogP contribution in [0.25, 0.3) is 0 Å². The molecule has 0 amide bonds. The third-order valence-electron chi connectivity index (χ3n) is 2.23. The smallest absolute Gasteiger partial charge is 0.0536 e. The SMILES string of the molecule is CSCC(C)(S)c1cnn(CCCO)c1. The molecule has 0 saturated heterocycles. The zero-order chi connectivity index (χ0) is 11.3. The van der Waals surface area contributed by atoms with E-state index < -0.39 is 0 Å². The normalized spacial score (nSPS) is 15.2. The van der Waals surface area contributed by atoms with E-state index in [2.05, 4.69) is 30.9 Å². The molecule has 0 aliphatic rings. The third-order valence-corrected chi connectivity index (χ3v) is 3.72. The van der Waals surface area contributed by atoms with Gasteiger partial charge in [0.05, 0.1) is 6.20 Å². The average Bonchev–Trinajstić information content (AvgIpc) is 2.63. The molecule has 0 fully saturated rings. The van der Waals surface area contributed by atoms with Gasteiger partial charge < -0.3 is 5.11 Å². The van der Waals surface area contributed by atoms with Crippen LogP contribution >= 0.6 is 24.4 Å². The second-order valence-corrected chi connectivity index (χ2v) is 5.63. The minimum atomic E-state index is -0.128. The molecule has 0 aliphatic carbocycles. The van der Waals surface area contributed by atoms with Crippen molar-refractivity contribution in [1.29, 1.82) is 0 Å². The van der Waals surface area contributed by atoms with Gasteiger partial charge in [0, 0.05) is 35.4 Å². The molecule has 5 heteroatoms. The van der Waals surface area contributed by atoms with E-state index in [9.17, 15) is 0 Å². The highest BCUT2D eigenvalue weighted by atomic mass is 32.2. The van der Waals surface area contributed by atoms with Gasteiger partial charge >= 0.3 is 0 Å². The van der Waals surface area contributed by atoms with Gasteiger partial charge in [-0.1, -0.05) is 0 Å². The summed E-state index contributed by atoms with van der Waals surface area (Å²) in [7, 11) is 0. The molecule has 1 heterocycles. The highest BCUT2D eigenvalue weighted by molar-refractivity contribution is 7.99. The zero-order valence-corrected chi connectivity index (χ0v) is 10.9. The Balaban J connectivity index is 2.66. The minimum absolute atomic E-state index is 0.128. The van der Waals surface area contributed by atoms with Crippen LogP contribution in [0.15, 0.2) is 12.4 Å². The molecule has 1 aromatic heterocycles. The predicted octanol–water partition coefficient (Wildman–Crippen LogP) is 1.77. The Kier molecular flexibility index (Phi) is 5.02. The number of aliphatic hydroxyl groups is 1. The van der Waals surface area contributed by atoms with Crippen LogP contribution in [0.2, 0.25) is 0 Å². The summed E-state index contributed by atoms with van der Waals surface area (Å²) in [4.78, 5) is 0. The topological polar surface area (TPSA) is 38.0 Å². The summed E-state index contributed by atoms with van der Waals surface area (Å²) in [6, 6.07) is 0. The first-order chi connectivity index (χ1) is 7.10. The molecule has 0 aromatic carbocycles. The van der Waals surface area contributed by atoms with E-state index in [1.54, 1.807) is 11.8 Å².